The van der Waals surface area contributed by atoms with Crippen molar-refractivity contribution in [1.82, 2.24) is 9.88 Å². The molecule has 1 amide bonds. The van der Waals surface area contributed by atoms with Crippen LogP contribution in [0, 0.1) is 11.9 Å². The van der Waals surface area contributed by atoms with E-state index >= 15 is 0 Å². The van der Waals surface area contributed by atoms with Crippen LogP contribution in [0.5, 0.6) is 0 Å². The van der Waals surface area contributed by atoms with E-state index in [4.69, 9.17) is 0 Å². The number of rotatable bonds is 3. The Morgan fingerprint density at radius 3 is 2.94 bits per heavy atom. The van der Waals surface area contributed by atoms with Crippen molar-refractivity contribution in [2.24, 2.45) is 5.92 Å². The van der Waals surface area contributed by atoms with E-state index in [2.05, 4.69) is 4.98 Å². The zero-order valence-electron chi connectivity index (χ0n) is 9.32. The Balaban J connectivity index is 2.03. The quantitative estimate of drug-likeness (QED) is 0.734. The summed E-state index contributed by atoms with van der Waals surface area (Å²) in [5, 5.41) is 0. The molecule has 86 valence electrons. The fourth-order valence-electron chi connectivity index (χ4n) is 1.90. The minimum atomic E-state index is -0.687. The molecule has 1 aromatic rings. The van der Waals surface area contributed by atoms with Crippen molar-refractivity contribution in [2.75, 3.05) is 13.6 Å². The monoisotopic (exact) mass is 222 g/mol. The van der Waals surface area contributed by atoms with Gasteiger partial charge in [-0.2, -0.15) is 4.39 Å². The molecule has 2 rings (SSSR count). The van der Waals surface area contributed by atoms with Gasteiger partial charge in [0.05, 0.1) is 5.56 Å². The van der Waals surface area contributed by atoms with Gasteiger partial charge in [0, 0.05) is 19.8 Å². The molecule has 1 aliphatic rings. The first-order chi connectivity index (χ1) is 7.68. The van der Waals surface area contributed by atoms with Crippen LogP contribution in [0.1, 0.15) is 29.6 Å². The highest BCUT2D eigenvalue weighted by molar-refractivity contribution is 5.93. The smallest absolute Gasteiger partial charge is 0.258 e. The highest BCUT2D eigenvalue weighted by atomic mass is 19.1. The van der Waals surface area contributed by atoms with Crippen LogP contribution in [0.4, 0.5) is 4.39 Å². The maximum absolute atomic E-state index is 13.3. The van der Waals surface area contributed by atoms with Gasteiger partial charge in [-0.15, -0.1) is 0 Å². The Bertz CT molecular complexity index is 390. The molecule has 0 unspecified atom stereocenters. The van der Waals surface area contributed by atoms with E-state index in [1.807, 2.05) is 0 Å². The normalized spacial score (nSPS) is 15.6. The second-order valence-corrected chi connectivity index (χ2v) is 4.32. The number of amides is 1. The number of hydrogen-bond acceptors (Lipinski definition) is 2. The maximum Gasteiger partial charge on any atom is 0.258 e. The van der Waals surface area contributed by atoms with Gasteiger partial charge in [0.15, 0.2) is 0 Å². The number of halogens is 1. The van der Waals surface area contributed by atoms with Crippen LogP contribution < -0.4 is 0 Å². The molecular formula is C12H15FN2O. The Kier molecular flexibility index (Phi) is 3.17. The van der Waals surface area contributed by atoms with Gasteiger partial charge in [-0.25, -0.2) is 4.98 Å². The molecule has 4 heteroatoms. The molecule has 3 nitrogen and oxygen atoms in total. The molecule has 0 saturated heterocycles. The van der Waals surface area contributed by atoms with Gasteiger partial charge in [-0.05, 0) is 30.9 Å². The van der Waals surface area contributed by atoms with Crippen LogP contribution in [-0.2, 0) is 0 Å². The minimum absolute atomic E-state index is 0.0596. The number of aromatic nitrogens is 1. The van der Waals surface area contributed by atoms with Gasteiger partial charge >= 0.3 is 0 Å². The highest BCUT2D eigenvalue weighted by Gasteiger charge is 2.23. The molecule has 0 radical (unpaired) electrons. The van der Waals surface area contributed by atoms with Gasteiger partial charge in [0.2, 0.25) is 5.95 Å². The summed E-state index contributed by atoms with van der Waals surface area (Å²) in [5.74, 6) is -0.376. The van der Waals surface area contributed by atoms with Crippen molar-refractivity contribution in [3.8, 4) is 0 Å². The lowest BCUT2D eigenvalue weighted by Crippen LogP contribution is -2.34. The van der Waals surface area contributed by atoms with Crippen LogP contribution in [0.15, 0.2) is 18.3 Å². The van der Waals surface area contributed by atoms with E-state index in [0.29, 0.717) is 12.5 Å². The molecule has 1 saturated carbocycles. The number of nitrogens with zero attached hydrogens (tertiary/aromatic N) is 2. The van der Waals surface area contributed by atoms with E-state index in [9.17, 15) is 9.18 Å². The third-order valence-electron chi connectivity index (χ3n) is 3.09. The average Bonchev–Trinajstić information content (AvgIpc) is 2.23. The maximum atomic E-state index is 13.3. The van der Waals surface area contributed by atoms with Crippen molar-refractivity contribution >= 4 is 5.91 Å². The predicted molar refractivity (Wildman–Crippen MR) is 58.5 cm³/mol. The number of pyridine rings is 1. The second-order valence-electron chi connectivity index (χ2n) is 4.32. The first-order valence-electron chi connectivity index (χ1n) is 5.54. The summed E-state index contributed by atoms with van der Waals surface area (Å²) in [5.41, 5.74) is 0.0596. The largest absolute Gasteiger partial charge is 0.341 e. The van der Waals surface area contributed by atoms with Crippen LogP contribution in [0.3, 0.4) is 0 Å². The standard InChI is InChI=1S/C12H15FN2O/c1-15(8-9-4-2-5-9)12(16)10-6-3-7-14-11(10)13/h3,6-7,9H,2,4-5,8H2,1H3. The molecular weight excluding hydrogens is 207 g/mol. The molecule has 0 N–H and O–H groups in total. The van der Waals surface area contributed by atoms with Gasteiger partial charge in [0.25, 0.3) is 5.91 Å². The van der Waals surface area contributed by atoms with Crippen LogP contribution in [0.2, 0.25) is 0 Å². The Morgan fingerprint density at radius 2 is 2.38 bits per heavy atom. The molecule has 0 spiro atoms. The molecule has 0 bridgehead atoms. The van der Waals surface area contributed by atoms with Crippen molar-refractivity contribution in [2.45, 2.75) is 19.3 Å². The van der Waals surface area contributed by atoms with Crippen molar-refractivity contribution in [3.05, 3.63) is 29.8 Å². The highest BCUT2D eigenvalue weighted by Crippen LogP contribution is 2.27. The fourth-order valence-corrected chi connectivity index (χ4v) is 1.90. The van der Waals surface area contributed by atoms with Gasteiger partial charge < -0.3 is 4.90 Å². The topological polar surface area (TPSA) is 33.2 Å². The molecule has 1 fully saturated rings. The summed E-state index contributed by atoms with van der Waals surface area (Å²) >= 11 is 0. The minimum Gasteiger partial charge on any atom is -0.341 e. The second kappa shape index (κ2) is 4.60. The first kappa shape index (κ1) is 11.0. The lowest BCUT2D eigenvalue weighted by atomic mass is 9.85. The molecule has 1 aliphatic carbocycles. The molecule has 16 heavy (non-hydrogen) atoms. The number of carbonyl (C=O) groups excluding carboxylic acids is 1. The number of hydrogen-bond donors (Lipinski definition) is 0. The molecule has 0 aliphatic heterocycles. The van der Waals surface area contributed by atoms with Gasteiger partial charge in [-0.1, -0.05) is 6.42 Å². The molecule has 0 atom stereocenters. The van der Waals surface area contributed by atoms with Crippen LogP contribution in [-0.4, -0.2) is 29.4 Å². The zero-order valence-corrected chi connectivity index (χ0v) is 9.32. The third-order valence-corrected chi connectivity index (χ3v) is 3.09. The molecule has 0 aromatic carbocycles. The Hall–Kier alpha value is -1.45. The summed E-state index contributed by atoms with van der Waals surface area (Å²) < 4.78 is 13.3. The van der Waals surface area contributed by atoms with E-state index in [1.165, 1.54) is 31.5 Å². The van der Waals surface area contributed by atoms with Crippen molar-refractivity contribution < 1.29 is 9.18 Å². The summed E-state index contributed by atoms with van der Waals surface area (Å²) in [6.45, 7) is 0.715. The molecule has 1 aromatic heterocycles. The lowest BCUT2D eigenvalue weighted by molar-refractivity contribution is 0.0739. The Labute approximate surface area is 94.3 Å². The van der Waals surface area contributed by atoms with Gasteiger partial charge in [0.1, 0.15) is 0 Å². The third kappa shape index (κ3) is 2.21. The Morgan fingerprint density at radius 1 is 1.62 bits per heavy atom. The van der Waals surface area contributed by atoms with Crippen molar-refractivity contribution in [1.29, 1.82) is 0 Å². The van der Waals surface area contributed by atoms with Gasteiger partial charge in [-0.3, -0.25) is 4.79 Å². The van der Waals surface area contributed by atoms with E-state index in [-0.39, 0.29) is 11.5 Å². The summed E-state index contributed by atoms with van der Waals surface area (Å²) in [6.07, 6.45) is 4.94. The number of carbonyl (C=O) groups is 1. The van der Waals surface area contributed by atoms with Crippen LogP contribution >= 0.6 is 0 Å². The van der Waals surface area contributed by atoms with Crippen molar-refractivity contribution in [3.63, 3.8) is 0 Å². The summed E-state index contributed by atoms with van der Waals surface area (Å²) in [7, 11) is 1.72. The van der Waals surface area contributed by atoms with Crippen LogP contribution in [0.25, 0.3) is 0 Å². The average molecular weight is 222 g/mol. The summed E-state index contributed by atoms with van der Waals surface area (Å²) in [6, 6.07) is 3.05. The first-order valence-corrected chi connectivity index (χ1v) is 5.54. The fraction of sp³-hybridized carbons (Fsp3) is 0.500. The summed E-state index contributed by atoms with van der Waals surface area (Å²) in [4.78, 5) is 17.0. The van der Waals surface area contributed by atoms with E-state index in [0.717, 1.165) is 0 Å². The molecule has 1 heterocycles. The van der Waals surface area contributed by atoms with E-state index in [1.54, 1.807) is 18.0 Å². The SMILES string of the molecule is CN(CC1CCC1)C(=O)c1cccnc1F. The van der Waals surface area contributed by atoms with E-state index < -0.39 is 5.95 Å². The lowest BCUT2D eigenvalue weighted by Gasteiger charge is -2.30. The predicted octanol–water partition coefficient (Wildman–Crippen LogP) is 2.09. The zero-order chi connectivity index (χ0) is 11.5.